The van der Waals surface area contributed by atoms with Crippen molar-refractivity contribution in [2.45, 2.75) is 0 Å². The van der Waals surface area contributed by atoms with Crippen molar-refractivity contribution in [1.29, 1.82) is 0 Å². The van der Waals surface area contributed by atoms with Gasteiger partial charge in [-0.25, -0.2) is 4.79 Å². The molecule has 0 N–H and O–H groups in total. The Balaban J connectivity index is 2.57. The van der Waals surface area contributed by atoms with E-state index in [0.717, 1.165) is 4.47 Å². The summed E-state index contributed by atoms with van der Waals surface area (Å²) in [4.78, 5) is 22.2. The molecule has 18 heavy (non-hydrogen) atoms. The second kappa shape index (κ2) is 5.18. The molecular formula is C13H9BrO4. The van der Waals surface area contributed by atoms with Gasteiger partial charge < -0.3 is 9.15 Å². The minimum Gasteiger partial charge on any atom is -0.465 e. The van der Waals surface area contributed by atoms with Crippen LogP contribution in [0.15, 0.2) is 39.2 Å². The zero-order chi connectivity index (χ0) is 13.1. The fourth-order valence-corrected chi connectivity index (χ4v) is 1.93. The lowest BCUT2D eigenvalue weighted by atomic mass is 10.1. The standard InChI is InChI=1S/C13H9BrO4/c1-17-13(16)10-4-2-8(14)6-11(10)12-5-3-9(7-15)18-12/h2-7H,1H3. The molecule has 0 bridgehead atoms. The predicted octanol–water partition coefficient (Wildman–Crippen LogP) is 3.31. The summed E-state index contributed by atoms with van der Waals surface area (Å²) in [5.41, 5.74) is 0.955. The highest BCUT2D eigenvalue weighted by Gasteiger charge is 2.16. The normalized spacial score (nSPS) is 10.1. The molecule has 0 amide bonds. The first-order chi connectivity index (χ1) is 8.65. The van der Waals surface area contributed by atoms with E-state index in [1.165, 1.54) is 7.11 Å². The maximum Gasteiger partial charge on any atom is 0.338 e. The van der Waals surface area contributed by atoms with Crippen LogP contribution >= 0.6 is 15.9 Å². The van der Waals surface area contributed by atoms with E-state index in [2.05, 4.69) is 15.9 Å². The van der Waals surface area contributed by atoms with Crippen LogP contribution in [-0.4, -0.2) is 19.4 Å². The van der Waals surface area contributed by atoms with Gasteiger partial charge in [-0.15, -0.1) is 0 Å². The van der Waals surface area contributed by atoms with Crippen molar-refractivity contribution < 1.29 is 18.7 Å². The van der Waals surface area contributed by atoms with Crippen LogP contribution in [0.3, 0.4) is 0 Å². The zero-order valence-corrected chi connectivity index (χ0v) is 11.1. The Labute approximate surface area is 112 Å². The van der Waals surface area contributed by atoms with Crippen molar-refractivity contribution in [2.24, 2.45) is 0 Å². The number of hydrogen-bond acceptors (Lipinski definition) is 4. The maximum absolute atomic E-state index is 11.6. The lowest BCUT2D eigenvalue weighted by Gasteiger charge is -2.06. The fourth-order valence-electron chi connectivity index (χ4n) is 1.57. The maximum atomic E-state index is 11.6. The van der Waals surface area contributed by atoms with Gasteiger partial charge in [0.2, 0.25) is 0 Å². The smallest absolute Gasteiger partial charge is 0.338 e. The second-order valence-corrected chi connectivity index (χ2v) is 4.42. The lowest BCUT2D eigenvalue weighted by Crippen LogP contribution is -2.03. The molecule has 5 heteroatoms. The third-order valence-electron chi connectivity index (χ3n) is 2.40. The molecule has 0 radical (unpaired) electrons. The average molecular weight is 309 g/mol. The van der Waals surface area contributed by atoms with Crippen LogP contribution in [-0.2, 0) is 4.74 Å². The number of methoxy groups -OCH3 is 1. The van der Waals surface area contributed by atoms with Crippen molar-refractivity contribution in [2.75, 3.05) is 7.11 Å². The summed E-state index contributed by atoms with van der Waals surface area (Å²) in [5.74, 6) is 0.196. The van der Waals surface area contributed by atoms with Crippen LogP contribution in [0.4, 0.5) is 0 Å². The molecule has 1 aromatic heterocycles. The van der Waals surface area contributed by atoms with Crippen molar-refractivity contribution in [3.05, 3.63) is 46.1 Å². The molecule has 0 atom stereocenters. The molecule has 0 saturated heterocycles. The Kier molecular flexibility index (Phi) is 3.62. The van der Waals surface area contributed by atoms with Crippen LogP contribution < -0.4 is 0 Å². The number of furan rings is 1. The fraction of sp³-hybridized carbons (Fsp3) is 0.0769. The molecule has 1 aromatic carbocycles. The Morgan fingerprint density at radius 1 is 1.33 bits per heavy atom. The van der Waals surface area contributed by atoms with E-state index >= 15 is 0 Å². The van der Waals surface area contributed by atoms with Crippen molar-refractivity contribution in [1.82, 2.24) is 0 Å². The number of carbonyl (C=O) groups is 2. The quantitative estimate of drug-likeness (QED) is 0.645. The van der Waals surface area contributed by atoms with E-state index in [1.807, 2.05) is 0 Å². The molecule has 0 aliphatic heterocycles. The molecule has 0 aliphatic rings. The van der Waals surface area contributed by atoms with Crippen molar-refractivity contribution >= 4 is 28.2 Å². The molecule has 0 unspecified atom stereocenters. The van der Waals surface area contributed by atoms with Gasteiger partial charge in [-0.05, 0) is 30.3 Å². The Hall–Kier alpha value is -1.88. The minimum absolute atomic E-state index is 0.209. The summed E-state index contributed by atoms with van der Waals surface area (Å²) in [6.45, 7) is 0. The number of hydrogen-bond donors (Lipinski definition) is 0. The van der Waals surface area contributed by atoms with E-state index in [9.17, 15) is 9.59 Å². The highest BCUT2D eigenvalue weighted by atomic mass is 79.9. The van der Waals surface area contributed by atoms with Gasteiger partial charge >= 0.3 is 5.97 Å². The zero-order valence-electron chi connectivity index (χ0n) is 9.48. The molecule has 0 fully saturated rings. The van der Waals surface area contributed by atoms with Gasteiger partial charge in [0.1, 0.15) is 5.76 Å². The van der Waals surface area contributed by atoms with Gasteiger partial charge in [-0.2, -0.15) is 0 Å². The summed E-state index contributed by atoms with van der Waals surface area (Å²) in [7, 11) is 1.31. The molecule has 4 nitrogen and oxygen atoms in total. The molecule has 0 aliphatic carbocycles. The Morgan fingerprint density at radius 3 is 2.72 bits per heavy atom. The summed E-state index contributed by atoms with van der Waals surface area (Å²) >= 11 is 3.33. The molecule has 2 aromatic rings. The topological polar surface area (TPSA) is 56.5 Å². The van der Waals surface area contributed by atoms with E-state index in [-0.39, 0.29) is 5.76 Å². The second-order valence-electron chi connectivity index (χ2n) is 3.50. The van der Waals surface area contributed by atoms with Gasteiger partial charge in [0.05, 0.1) is 12.7 Å². The SMILES string of the molecule is COC(=O)c1ccc(Br)cc1-c1ccc(C=O)o1. The number of aldehydes is 1. The van der Waals surface area contributed by atoms with Crippen LogP contribution in [0.25, 0.3) is 11.3 Å². The molecule has 0 spiro atoms. The third-order valence-corrected chi connectivity index (χ3v) is 2.89. The number of rotatable bonds is 3. The van der Waals surface area contributed by atoms with Gasteiger partial charge in [-0.3, -0.25) is 4.79 Å². The monoisotopic (exact) mass is 308 g/mol. The van der Waals surface area contributed by atoms with Crippen molar-refractivity contribution in [3.8, 4) is 11.3 Å². The molecule has 2 rings (SSSR count). The number of benzene rings is 1. The predicted molar refractivity (Wildman–Crippen MR) is 68.6 cm³/mol. The van der Waals surface area contributed by atoms with E-state index in [1.54, 1.807) is 30.3 Å². The largest absolute Gasteiger partial charge is 0.465 e. The lowest BCUT2D eigenvalue weighted by molar-refractivity contribution is 0.0601. The van der Waals surface area contributed by atoms with Gasteiger partial charge in [0.15, 0.2) is 12.0 Å². The van der Waals surface area contributed by atoms with Gasteiger partial charge in [0, 0.05) is 10.0 Å². The first kappa shape index (κ1) is 12.6. The van der Waals surface area contributed by atoms with E-state index < -0.39 is 5.97 Å². The Morgan fingerprint density at radius 2 is 2.11 bits per heavy atom. The number of ether oxygens (including phenoxy) is 1. The van der Waals surface area contributed by atoms with E-state index in [4.69, 9.17) is 9.15 Å². The number of carbonyl (C=O) groups excluding carboxylic acids is 2. The first-order valence-corrected chi connectivity index (χ1v) is 5.88. The van der Waals surface area contributed by atoms with Gasteiger partial charge in [-0.1, -0.05) is 15.9 Å². The summed E-state index contributed by atoms with van der Waals surface area (Å²) in [5, 5.41) is 0. The average Bonchev–Trinajstić information content (AvgIpc) is 2.86. The molecule has 0 saturated carbocycles. The highest BCUT2D eigenvalue weighted by Crippen LogP contribution is 2.29. The number of halogens is 1. The van der Waals surface area contributed by atoms with Crippen LogP contribution in [0, 0.1) is 0 Å². The number of esters is 1. The van der Waals surface area contributed by atoms with E-state index in [0.29, 0.717) is 23.2 Å². The summed E-state index contributed by atoms with van der Waals surface area (Å²) in [6, 6.07) is 8.29. The summed E-state index contributed by atoms with van der Waals surface area (Å²) in [6.07, 6.45) is 0.610. The molecular weight excluding hydrogens is 300 g/mol. The Bertz CT molecular complexity index is 601. The van der Waals surface area contributed by atoms with Crippen LogP contribution in [0.2, 0.25) is 0 Å². The minimum atomic E-state index is -0.457. The molecule has 92 valence electrons. The highest BCUT2D eigenvalue weighted by molar-refractivity contribution is 9.10. The first-order valence-electron chi connectivity index (χ1n) is 5.09. The third kappa shape index (κ3) is 2.36. The van der Waals surface area contributed by atoms with Crippen LogP contribution in [0.5, 0.6) is 0 Å². The molecule has 1 heterocycles. The van der Waals surface area contributed by atoms with Crippen molar-refractivity contribution in [3.63, 3.8) is 0 Å². The van der Waals surface area contributed by atoms with Crippen LogP contribution in [0.1, 0.15) is 20.9 Å². The summed E-state index contributed by atoms with van der Waals surface area (Å²) < 4.78 is 10.8. The van der Waals surface area contributed by atoms with Gasteiger partial charge in [0.25, 0.3) is 0 Å².